The number of carbonyl (C=O) groups excluding carboxylic acids is 1. The van der Waals surface area contributed by atoms with Gasteiger partial charge < -0.3 is 4.90 Å². The van der Waals surface area contributed by atoms with Crippen molar-refractivity contribution in [2.24, 2.45) is 5.92 Å². The molecule has 1 aliphatic rings. The van der Waals surface area contributed by atoms with Gasteiger partial charge in [0.2, 0.25) is 5.91 Å². The number of benzene rings is 1. The van der Waals surface area contributed by atoms with E-state index in [1.165, 1.54) is 5.56 Å². The summed E-state index contributed by atoms with van der Waals surface area (Å²) >= 11 is 9.31. The van der Waals surface area contributed by atoms with Gasteiger partial charge in [0.1, 0.15) is 4.34 Å². The molecule has 0 spiro atoms. The molecule has 0 bridgehead atoms. The first-order valence-corrected chi connectivity index (χ1v) is 10.4. The molecule has 0 unspecified atom stereocenters. The van der Waals surface area contributed by atoms with Gasteiger partial charge >= 0.3 is 0 Å². The molecule has 0 saturated carbocycles. The molecule has 0 N–H and O–H groups in total. The minimum absolute atomic E-state index is 0.207. The van der Waals surface area contributed by atoms with Crippen LogP contribution < -0.4 is 0 Å². The fourth-order valence-electron chi connectivity index (χ4n) is 2.73. The molecule has 0 radical (unpaired) electrons. The van der Waals surface area contributed by atoms with E-state index in [-0.39, 0.29) is 5.91 Å². The molecule has 0 atom stereocenters. The average Bonchev–Trinajstić information content (AvgIpc) is 3.01. The van der Waals surface area contributed by atoms with Crippen LogP contribution in [-0.2, 0) is 17.0 Å². The summed E-state index contributed by atoms with van der Waals surface area (Å²) in [5.74, 6) is 1.78. The van der Waals surface area contributed by atoms with Gasteiger partial charge in [-0.1, -0.05) is 42.4 Å². The second-order valence-corrected chi connectivity index (χ2v) is 8.78. The first-order chi connectivity index (χ1) is 11.6. The van der Waals surface area contributed by atoms with Gasteiger partial charge in [0.15, 0.2) is 0 Å². The normalized spacial score (nSPS) is 15.7. The third-order valence-corrected chi connectivity index (χ3v) is 6.63. The van der Waals surface area contributed by atoms with Crippen LogP contribution in [0.2, 0.25) is 5.02 Å². The average molecular weight is 381 g/mol. The lowest BCUT2D eigenvalue weighted by Gasteiger charge is -2.30. The van der Waals surface area contributed by atoms with Crippen molar-refractivity contribution in [3.05, 3.63) is 45.9 Å². The van der Waals surface area contributed by atoms with Crippen LogP contribution in [0.5, 0.6) is 0 Å². The highest BCUT2D eigenvalue weighted by atomic mass is 35.5. The second-order valence-electron chi connectivity index (χ2n) is 6.26. The standard InChI is InChI=1S/C18H21ClN2OS2/c1-13-5-7-21(8-6-13)17(22)10-16-12-24-18(20-16)23-11-14-3-2-4-15(19)9-14/h2-4,9,12-13H,5-8,10-11H2,1H3. The van der Waals surface area contributed by atoms with E-state index < -0.39 is 0 Å². The molecule has 1 saturated heterocycles. The Hall–Kier alpha value is -1.04. The van der Waals surface area contributed by atoms with Crippen molar-refractivity contribution in [1.82, 2.24) is 9.88 Å². The van der Waals surface area contributed by atoms with Crippen molar-refractivity contribution in [1.29, 1.82) is 0 Å². The Kier molecular flexibility index (Phi) is 6.19. The highest BCUT2D eigenvalue weighted by Crippen LogP contribution is 2.27. The number of aromatic nitrogens is 1. The molecular weight excluding hydrogens is 360 g/mol. The van der Waals surface area contributed by atoms with E-state index in [2.05, 4.69) is 18.0 Å². The first kappa shape index (κ1) is 17.8. The molecule has 128 valence electrons. The molecule has 1 aromatic heterocycles. The monoisotopic (exact) mass is 380 g/mol. The van der Waals surface area contributed by atoms with Gasteiger partial charge in [0, 0.05) is 29.2 Å². The van der Waals surface area contributed by atoms with Crippen molar-refractivity contribution < 1.29 is 4.79 Å². The second kappa shape index (κ2) is 8.37. The topological polar surface area (TPSA) is 33.2 Å². The molecule has 1 aliphatic heterocycles. The van der Waals surface area contributed by atoms with Crippen molar-refractivity contribution >= 4 is 40.6 Å². The van der Waals surface area contributed by atoms with Crippen LogP contribution in [0.1, 0.15) is 31.0 Å². The molecule has 1 fully saturated rings. The number of hydrogen-bond acceptors (Lipinski definition) is 4. The maximum Gasteiger partial charge on any atom is 0.228 e. The summed E-state index contributed by atoms with van der Waals surface area (Å²) < 4.78 is 1.00. The van der Waals surface area contributed by atoms with Crippen LogP contribution in [0.3, 0.4) is 0 Å². The van der Waals surface area contributed by atoms with Crippen LogP contribution >= 0.6 is 34.7 Å². The largest absolute Gasteiger partial charge is 0.342 e. The zero-order valence-electron chi connectivity index (χ0n) is 13.7. The van der Waals surface area contributed by atoms with E-state index >= 15 is 0 Å². The Balaban J connectivity index is 1.51. The Morgan fingerprint density at radius 2 is 2.21 bits per heavy atom. The van der Waals surface area contributed by atoms with Gasteiger partial charge in [-0.25, -0.2) is 4.98 Å². The molecule has 3 rings (SSSR count). The summed E-state index contributed by atoms with van der Waals surface area (Å²) in [6.45, 7) is 4.03. The van der Waals surface area contributed by atoms with Crippen molar-refractivity contribution in [3.8, 4) is 0 Å². The predicted molar refractivity (Wildman–Crippen MR) is 102 cm³/mol. The lowest BCUT2D eigenvalue weighted by molar-refractivity contribution is -0.131. The van der Waals surface area contributed by atoms with Gasteiger partial charge in [-0.2, -0.15) is 0 Å². The Labute approximate surface area is 156 Å². The van der Waals surface area contributed by atoms with Crippen LogP contribution in [0.15, 0.2) is 34.0 Å². The van der Waals surface area contributed by atoms with Gasteiger partial charge in [-0.3, -0.25) is 4.79 Å². The quantitative estimate of drug-likeness (QED) is 0.692. The summed E-state index contributed by atoms with van der Waals surface area (Å²) in [6, 6.07) is 7.88. The van der Waals surface area contributed by atoms with Gasteiger partial charge in [0.05, 0.1) is 12.1 Å². The fourth-order valence-corrected chi connectivity index (χ4v) is 4.73. The maximum absolute atomic E-state index is 12.4. The van der Waals surface area contributed by atoms with E-state index in [4.69, 9.17) is 11.6 Å². The Bertz CT molecular complexity index is 696. The third kappa shape index (κ3) is 4.98. The van der Waals surface area contributed by atoms with E-state index in [0.29, 0.717) is 6.42 Å². The van der Waals surface area contributed by atoms with Crippen molar-refractivity contribution in [2.45, 2.75) is 36.3 Å². The van der Waals surface area contributed by atoms with Gasteiger partial charge in [0.25, 0.3) is 0 Å². The summed E-state index contributed by atoms with van der Waals surface area (Å²) in [4.78, 5) is 19.0. The first-order valence-electron chi connectivity index (χ1n) is 8.19. The smallest absolute Gasteiger partial charge is 0.228 e. The van der Waals surface area contributed by atoms with Crippen molar-refractivity contribution in [3.63, 3.8) is 0 Å². The number of likely N-dealkylation sites (tertiary alicyclic amines) is 1. The van der Waals surface area contributed by atoms with Crippen molar-refractivity contribution in [2.75, 3.05) is 13.1 Å². The number of thioether (sulfide) groups is 1. The van der Waals surface area contributed by atoms with Crippen LogP contribution in [0.4, 0.5) is 0 Å². The number of carbonyl (C=O) groups is 1. The van der Waals surface area contributed by atoms with Crippen LogP contribution in [0.25, 0.3) is 0 Å². The summed E-state index contributed by atoms with van der Waals surface area (Å²) in [6.07, 6.45) is 2.65. The number of amides is 1. The number of halogens is 1. The molecule has 6 heteroatoms. The Morgan fingerprint density at radius 1 is 1.42 bits per heavy atom. The molecule has 0 aliphatic carbocycles. The van der Waals surface area contributed by atoms with E-state index in [1.54, 1.807) is 23.1 Å². The van der Waals surface area contributed by atoms with E-state index in [9.17, 15) is 4.79 Å². The molecule has 1 aromatic carbocycles. The zero-order chi connectivity index (χ0) is 16.9. The number of rotatable bonds is 5. The van der Waals surface area contributed by atoms with Crippen LogP contribution in [0, 0.1) is 5.92 Å². The SMILES string of the molecule is CC1CCN(C(=O)Cc2csc(SCc3cccc(Cl)c3)n2)CC1. The van der Waals surface area contributed by atoms with Crippen LogP contribution in [-0.4, -0.2) is 28.9 Å². The maximum atomic E-state index is 12.4. The van der Waals surface area contributed by atoms with E-state index in [1.807, 2.05) is 28.5 Å². The predicted octanol–water partition coefficient (Wildman–Crippen LogP) is 4.89. The third-order valence-electron chi connectivity index (χ3n) is 4.25. The minimum atomic E-state index is 0.207. The van der Waals surface area contributed by atoms with E-state index in [0.717, 1.165) is 52.7 Å². The lowest BCUT2D eigenvalue weighted by Crippen LogP contribution is -2.38. The summed E-state index contributed by atoms with van der Waals surface area (Å²) in [5, 5.41) is 2.76. The van der Waals surface area contributed by atoms with Gasteiger partial charge in [-0.15, -0.1) is 11.3 Å². The number of hydrogen-bond donors (Lipinski definition) is 0. The molecule has 24 heavy (non-hydrogen) atoms. The highest BCUT2D eigenvalue weighted by Gasteiger charge is 2.21. The minimum Gasteiger partial charge on any atom is -0.342 e. The highest BCUT2D eigenvalue weighted by molar-refractivity contribution is 8.00. The zero-order valence-corrected chi connectivity index (χ0v) is 16.1. The summed E-state index contributed by atoms with van der Waals surface area (Å²) in [5.41, 5.74) is 2.07. The molecule has 1 amide bonds. The molecule has 3 nitrogen and oxygen atoms in total. The molecular formula is C18H21ClN2OS2. The Morgan fingerprint density at radius 3 is 2.96 bits per heavy atom. The number of thiazole rings is 1. The van der Waals surface area contributed by atoms with Gasteiger partial charge in [-0.05, 0) is 36.5 Å². The molecule has 2 aromatic rings. The number of piperidine rings is 1. The summed E-state index contributed by atoms with van der Waals surface area (Å²) in [7, 11) is 0. The number of nitrogens with zero attached hydrogens (tertiary/aromatic N) is 2. The molecule has 2 heterocycles. The fraction of sp³-hybridized carbons (Fsp3) is 0.444. The lowest BCUT2D eigenvalue weighted by atomic mass is 9.99.